The van der Waals surface area contributed by atoms with Crippen molar-refractivity contribution in [1.82, 2.24) is 5.32 Å². The van der Waals surface area contributed by atoms with E-state index < -0.39 is 0 Å². The molecular weight excluding hydrogens is 248 g/mol. The van der Waals surface area contributed by atoms with Crippen molar-refractivity contribution in [2.75, 3.05) is 5.32 Å². The highest BCUT2D eigenvalue weighted by atomic mass is 16.2. The molecule has 0 heterocycles. The van der Waals surface area contributed by atoms with Gasteiger partial charge in [-0.2, -0.15) is 0 Å². The Balaban J connectivity index is 2.61. The maximum absolute atomic E-state index is 11.8. The van der Waals surface area contributed by atoms with Gasteiger partial charge in [0.25, 0.3) is 0 Å². The first-order chi connectivity index (χ1) is 9.20. The zero-order chi connectivity index (χ0) is 15.3. The SMILES string of the molecule is C/C(=C\NC(=O)Nc1ccc(C(C)(C)C)cc1)C(C)C. The highest BCUT2D eigenvalue weighted by molar-refractivity contribution is 5.89. The molecule has 0 atom stereocenters. The van der Waals surface area contributed by atoms with Crippen molar-refractivity contribution in [2.24, 2.45) is 5.92 Å². The molecule has 2 N–H and O–H groups in total. The van der Waals surface area contributed by atoms with Crippen LogP contribution in [0.25, 0.3) is 0 Å². The average molecular weight is 274 g/mol. The van der Waals surface area contributed by atoms with Gasteiger partial charge in [-0.3, -0.25) is 0 Å². The van der Waals surface area contributed by atoms with Crippen LogP contribution in [-0.4, -0.2) is 6.03 Å². The van der Waals surface area contributed by atoms with Gasteiger partial charge in [0, 0.05) is 11.9 Å². The molecule has 0 aliphatic rings. The van der Waals surface area contributed by atoms with Crippen molar-refractivity contribution < 1.29 is 4.79 Å². The Morgan fingerprint density at radius 1 is 1.15 bits per heavy atom. The van der Waals surface area contributed by atoms with E-state index in [2.05, 4.69) is 45.3 Å². The number of hydrogen-bond donors (Lipinski definition) is 2. The monoisotopic (exact) mass is 274 g/mol. The topological polar surface area (TPSA) is 41.1 Å². The first kappa shape index (κ1) is 16.3. The molecule has 1 aromatic carbocycles. The molecule has 3 nitrogen and oxygen atoms in total. The number of benzene rings is 1. The van der Waals surface area contributed by atoms with Gasteiger partial charge < -0.3 is 10.6 Å². The highest BCUT2D eigenvalue weighted by Crippen LogP contribution is 2.23. The van der Waals surface area contributed by atoms with Crippen LogP contribution in [0.1, 0.15) is 47.1 Å². The summed E-state index contributed by atoms with van der Waals surface area (Å²) in [5, 5.41) is 5.57. The summed E-state index contributed by atoms with van der Waals surface area (Å²) in [4.78, 5) is 11.8. The minimum Gasteiger partial charge on any atom is -0.314 e. The van der Waals surface area contributed by atoms with E-state index in [9.17, 15) is 4.79 Å². The number of anilines is 1. The smallest absolute Gasteiger partial charge is 0.314 e. The Kier molecular flexibility index (Phi) is 5.37. The normalized spacial score (nSPS) is 12.4. The van der Waals surface area contributed by atoms with Crippen molar-refractivity contribution >= 4 is 11.7 Å². The maximum atomic E-state index is 11.8. The number of carbonyl (C=O) groups is 1. The molecule has 0 aromatic heterocycles. The lowest BCUT2D eigenvalue weighted by molar-refractivity contribution is 0.255. The lowest BCUT2D eigenvalue weighted by Crippen LogP contribution is -2.24. The van der Waals surface area contributed by atoms with Crippen molar-refractivity contribution in [3.8, 4) is 0 Å². The largest absolute Gasteiger partial charge is 0.323 e. The van der Waals surface area contributed by atoms with Gasteiger partial charge in [0.15, 0.2) is 0 Å². The quantitative estimate of drug-likeness (QED) is 0.826. The predicted molar refractivity (Wildman–Crippen MR) is 85.9 cm³/mol. The predicted octanol–water partition coefficient (Wildman–Crippen LogP) is 4.67. The van der Waals surface area contributed by atoms with Gasteiger partial charge in [-0.25, -0.2) is 4.79 Å². The molecule has 1 aromatic rings. The summed E-state index contributed by atoms with van der Waals surface area (Å²) in [6.45, 7) is 12.7. The molecule has 0 aliphatic carbocycles. The second-order valence-electron chi connectivity index (χ2n) is 6.47. The Morgan fingerprint density at radius 3 is 2.15 bits per heavy atom. The molecular formula is C17H26N2O. The summed E-state index contributed by atoms with van der Waals surface area (Å²) in [5.74, 6) is 0.432. The summed E-state index contributed by atoms with van der Waals surface area (Å²) in [7, 11) is 0. The van der Waals surface area contributed by atoms with Crippen LogP contribution in [0.5, 0.6) is 0 Å². The zero-order valence-electron chi connectivity index (χ0n) is 13.4. The Labute approximate surface area is 122 Å². The Morgan fingerprint density at radius 2 is 1.70 bits per heavy atom. The Hall–Kier alpha value is -1.77. The number of allylic oxidation sites excluding steroid dienone is 1. The minimum absolute atomic E-state index is 0.123. The van der Waals surface area contributed by atoms with E-state index in [4.69, 9.17) is 0 Å². The third kappa shape index (κ3) is 5.08. The van der Waals surface area contributed by atoms with Crippen molar-refractivity contribution in [1.29, 1.82) is 0 Å². The highest BCUT2D eigenvalue weighted by Gasteiger charge is 2.13. The number of nitrogens with one attached hydrogen (secondary N) is 2. The molecule has 0 bridgehead atoms. The third-order valence-corrected chi connectivity index (χ3v) is 3.35. The van der Waals surface area contributed by atoms with Gasteiger partial charge in [0.1, 0.15) is 0 Å². The molecule has 0 spiro atoms. The van der Waals surface area contributed by atoms with Gasteiger partial charge in [-0.05, 0) is 36.0 Å². The van der Waals surface area contributed by atoms with E-state index in [1.807, 2.05) is 31.2 Å². The average Bonchev–Trinajstić information content (AvgIpc) is 2.35. The molecule has 110 valence electrons. The van der Waals surface area contributed by atoms with Crippen LogP contribution in [0.3, 0.4) is 0 Å². The van der Waals surface area contributed by atoms with Crippen LogP contribution in [0, 0.1) is 5.92 Å². The molecule has 1 rings (SSSR count). The van der Waals surface area contributed by atoms with Gasteiger partial charge >= 0.3 is 6.03 Å². The molecule has 3 heteroatoms. The number of rotatable bonds is 3. The lowest BCUT2D eigenvalue weighted by Gasteiger charge is -2.19. The fourth-order valence-corrected chi connectivity index (χ4v) is 1.57. The lowest BCUT2D eigenvalue weighted by atomic mass is 9.87. The number of hydrogen-bond acceptors (Lipinski definition) is 1. The molecule has 0 saturated carbocycles. The number of carbonyl (C=O) groups excluding carboxylic acids is 1. The summed E-state index contributed by atoms with van der Waals surface area (Å²) >= 11 is 0. The summed E-state index contributed by atoms with van der Waals surface area (Å²) in [5.41, 5.74) is 3.31. The van der Waals surface area contributed by atoms with E-state index in [0.29, 0.717) is 5.92 Å². The molecule has 0 saturated heterocycles. The van der Waals surface area contributed by atoms with Gasteiger partial charge in [0.05, 0.1) is 0 Å². The van der Waals surface area contributed by atoms with Crippen LogP contribution >= 0.6 is 0 Å². The fraction of sp³-hybridized carbons (Fsp3) is 0.471. The zero-order valence-corrected chi connectivity index (χ0v) is 13.4. The van der Waals surface area contributed by atoms with E-state index >= 15 is 0 Å². The second kappa shape index (κ2) is 6.60. The van der Waals surface area contributed by atoms with Crippen molar-refractivity contribution in [3.63, 3.8) is 0 Å². The number of amides is 2. The summed E-state index contributed by atoms with van der Waals surface area (Å²) in [6.07, 6.45) is 1.75. The summed E-state index contributed by atoms with van der Waals surface area (Å²) < 4.78 is 0. The van der Waals surface area contributed by atoms with Crippen molar-refractivity contribution in [3.05, 3.63) is 41.6 Å². The van der Waals surface area contributed by atoms with E-state index in [0.717, 1.165) is 11.3 Å². The third-order valence-electron chi connectivity index (χ3n) is 3.35. The molecule has 0 radical (unpaired) electrons. The second-order valence-corrected chi connectivity index (χ2v) is 6.47. The van der Waals surface area contributed by atoms with Crippen LogP contribution in [0.2, 0.25) is 0 Å². The van der Waals surface area contributed by atoms with Gasteiger partial charge in [0.2, 0.25) is 0 Å². The van der Waals surface area contributed by atoms with E-state index in [-0.39, 0.29) is 11.4 Å². The molecule has 2 amide bonds. The minimum atomic E-state index is -0.214. The van der Waals surface area contributed by atoms with Gasteiger partial charge in [-0.15, -0.1) is 0 Å². The van der Waals surface area contributed by atoms with Crippen LogP contribution in [0.15, 0.2) is 36.0 Å². The molecule has 0 unspecified atom stereocenters. The fourth-order valence-electron chi connectivity index (χ4n) is 1.57. The first-order valence-electron chi connectivity index (χ1n) is 7.05. The van der Waals surface area contributed by atoms with Crippen LogP contribution in [0.4, 0.5) is 10.5 Å². The molecule has 20 heavy (non-hydrogen) atoms. The Bertz CT molecular complexity index is 479. The van der Waals surface area contributed by atoms with Crippen molar-refractivity contribution in [2.45, 2.75) is 47.0 Å². The van der Waals surface area contributed by atoms with E-state index in [1.54, 1.807) is 6.20 Å². The standard InChI is InChI=1S/C17H26N2O/c1-12(2)13(3)11-18-16(20)19-15-9-7-14(8-10-15)17(4,5)6/h7-12H,1-6H3,(H2,18,19,20)/b13-11+. The molecule has 0 aliphatic heterocycles. The summed E-state index contributed by atoms with van der Waals surface area (Å²) in [6, 6.07) is 7.74. The molecule has 0 fully saturated rings. The van der Waals surface area contributed by atoms with E-state index in [1.165, 1.54) is 5.56 Å². The number of urea groups is 1. The van der Waals surface area contributed by atoms with Crippen LogP contribution in [-0.2, 0) is 5.41 Å². The van der Waals surface area contributed by atoms with Gasteiger partial charge in [-0.1, -0.05) is 52.3 Å². The van der Waals surface area contributed by atoms with Crippen LogP contribution < -0.4 is 10.6 Å². The first-order valence-corrected chi connectivity index (χ1v) is 7.05. The maximum Gasteiger partial charge on any atom is 0.323 e.